The molecule has 0 bridgehead atoms. The summed E-state index contributed by atoms with van der Waals surface area (Å²) in [6, 6.07) is 2.96. The molecule has 1 aliphatic rings. The molecule has 1 heterocycles. The number of carbonyl (C=O) groups is 2. The Morgan fingerprint density at radius 1 is 1.26 bits per heavy atom. The van der Waals surface area contributed by atoms with Gasteiger partial charge < -0.3 is 10.4 Å². The number of carbonyl (C=O) groups excluding carboxylic acids is 1. The van der Waals surface area contributed by atoms with Gasteiger partial charge in [0.1, 0.15) is 5.69 Å². The lowest BCUT2D eigenvalue weighted by molar-refractivity contribution is -0.126. The predicted molar refractivity (Wildman–Crippen MR) is 71.0 cm³/mol. The Bertz CT molecular complexity index is 476. The van der Waals surface area contributed by atoms with Gasteiger partial charge in [0.25, 0.3) is 0 Å². The Hall–Kier alpha value is -1.91. The van der Waals surface area contributed by atoms with Crippen LogP contribution in [-0.2, 0) is 4.79 Å². The van der Waals surface area contributed by atoms with Crippen molar-refractivity contribution in [2.75, 3.05) is 5.32 Å². The van der Waals surface area contributed by atoms with Crippen LogP contribution in [0.2, 0.25) is 0 Å². The monoisotopic (exact) mass is 262 g/mol. The molecule has 1 amide bonds. The lowest BCUT2D eigenvalue weighted by Gasteiger charge is -2.31. The fourth-order valence-corrected chi connectivity index (χ4v) is 2.44. The second kappa shape index (κ2) is 5.38. The summed E-state index contributed by atoms with van der Waals surface area (Å²) < 4.78 is 0. The van der Waals surface area contributed by atoms with Gasteiger partial charge in [0.2, 0.25) is 5.91 Å². The van der Waals surface area contributed by atoms with Crippen LogP contribution in [0.1, 0.15) is 49.5 Å². The summed E-state index contributed by atoms with van der Waals surface area (Å²) in [6.45, 7) is 1.99. The molecule has 0 atom stereocenters. The normalized spacial score (nSPS) is 17.7. The SMILES string of the molecule is CC1(C(=O)Nc2ccc(C(=O)O)nc2)CCCCC1. The number of aromatic nitrogens is 1. The largest absolute Gasteiger partial charge is 0.477 e. The molecule has 102 valence electrons. The Labute approximate surface area is 112 Å². The molecule has 0 aliphatic heterocycles. The average Bonchev–Trinajstić information content (AvgIpc) is 2.40. The molecule has 0 aromatic carbocycles. The van der Waals surface area contributed by atoms with Crippen molar-refractivity contribution in [3.8, 4) is 0 Å². The minimum atomic E-state index is -1.07. The van der Waals surface area contributed by atoms with E-state index in [9.17, 15) is 9.59 Å². The molecular formula is C14H18N2O3. The Kier molecular flexibility index (Phi) is 3.83. The number of anilines is 1. The van der Waals surface area contributed by atoms with Crippen molar-refractivity contribution in [1.82, 2.24) is 4.98 Å². The highest BCUT2D eigenvalue weighted by atomic mass is 16.4. The van der Waals surface area contributed by atoms with Crippen LogP contribution in [0.25, 0.3) is 0 Å². The average molecular weight is 262 g/mol. The molecule has 19 heavy (non-hydrogen) atoms. The number of hydrogen-bond donors (Lipinski definition) is 2. The zero-order chi connectivity index (χ0) is 13.9. The highest BCUT2D eigenvalue weighted by Crippen LogP contribution is 2.36. The number of aromatic carboxylic acids is 1. The van der Waals surface area contributed by atoms with Crippen LogP contribution in [0, 0.1) is 5.41 Å². The van der Waals surface area contributed by atoms with E-state index in [1.807, 2.05) is 6.92 Å². The van der Waals surface area contributed by atoms with Crippen molar-refractivity contribution in [3.05, 3.63) is 24.0 Å². The van der Waals surface area contributed by atoms with Gasteiger partial charge in [-0.05, 0) is 25.0 Å². The highest BCUT2D eigenvalue weighted by molar-refractivity contribution is 5.95. The van der Waals surface area contributed by atoms with E-state index in [-0.39, 0.29) is 17.0 Å². The number of rotatable bonds is 3. The highest BCUT2D eigenvalue weighted by Gasteiger charge is 2.34. The quantitative estimate of drug-likeness (QED) is 0.877. The standard InChI is InChI=1S/C14H18N2O3/c1-14(7-3-2-4-8-14)13(19)16-10-5-6-11(12(17)18)15-9-10/h5-6,9H,2-4,7-8H2,1H3,(H,16,19)(H,17,18). The van der Waals surface area contributed by atoms with E-state index >= 15 is 0 Å². The van der Waals surface area contributed by atoms with E-state index in [2.05, 4.69) is 10.3 Å². The van der Waals surface area contributed by atoms with Crippen LogP contribution in [0.4, 0.5) is 5.69 Å². The molecule has 1 aromatic heterocycles. The summed E-state index contributed by atoms with van der Waals surface area (Å²) in [5.41, 5.74) is 0.202. The number of pyridine rings is 1. The van der Waals surface area contributed by atoms with E-state index in [1.165, 1.54) is 18.7 Å². The first-order valence-corrected chi connectivity index (χ1v) is 6.52. The van der Waals surface area contributed by atoms with Crippen molar-refractivity contribution >= 4 is 17.6 Å². The Morgan fingerprint density at radius 3 is 2.47 bits per heavy atom. The molecule has 1 fully saturated rings. The van der Waals surface area contributed by atoms with Crippen LogP contribution in [0.15, 0.2) is 18.3 Å². The van der Waals surface area contributed by atoms with E-state index in [4.69, 9.17) is 5.11 Å². The van der Waals surface area contributed by atoms with Crippen molar-refractivity contribution < 1.29 is 14.7 Å². The van der Waals surface area contributed by atoms with Gasteiger partial charge in [0.05, 0.1) is 11.9 Å². The molecule has 1 saturated carbocycles. The molecule has 0 unspecified atom stereocenters. The number of carboxylic acid groups (broad SMARTS) is 1. The van der Waals surface area contributed by atoms with E-state index < -0.39 is 5.97 Å². The van der Waals surface area contributed by atoms with Crippen LogP contribution in [0.5, 0.6) is 0 Å². The molecule has 0 saturated heterocycles. The zero-order valence-corrected chi connectivity index (χ0v) is 11.0. The van der Waals surface area contributed by atoms with Gasteiger partial charge in [0.15, 0.2) is 0 Å². The summed E-state index contributed by atoms with van der Waals surface area (Å²) in [5, 5.41) is 11.6. The second-order valence-electron chi connectivity index (χ2n) is 5.31. The van der Waals surface area contributed by atoms with E-state index in [0.29, 0.717) is 5.69 Å². The van der Waals surface area contributed by atoms with Gasteiger partial charge in [-0.2, -0.15) is 0 Å². The third-order valence-electron chi connectivity index (χ3n) is 3.75. The minimum absolute atomic E-state index is 0.00271. The molecule has 1 aromatic rings. The van der Waals surface area contributed by atoms with Gasteiger partial charge in [-0.1, -0.05) is 26.2 Å². The minimum Gasteiger partial charge on any atom is -0.477 e. The maximum Gasteiger partial charge on any atom is 0.354 e. The van der Waals surface area contributed by atoms with E-state index in [0.717, 1.165) is 25.7 Å². The van der Waals surface area contributed by atoms with Crippen LogP contribution >= 0.6 is 0 Å². The topological polar surface area (TPSA) is 79.3 Å². The molecule has 1 aliphatic carbocycles. The van der Waals surface area contributed by atoms with Gasteiger partial charge in [-0.25, -0.2) is 9.78 Å². The fourth-order valence-electron chi connectivity index (χ4n) is 2.44. The molecule has 2 rings (SSSR count). The summed E-state index contributed by atoms with van der Waals surface area (Å²) >= 11 is 0. The lowest BCUT2D eigenvalue weighted by Crippen LogP contribution is -2.35. The lowest BCUT2D eigenvalue weighted by atomic mass is 9.75. The maximum absolute atomic E-state index is 12.3. The molecular weight excluding hydrogens is 244 g/mol. The zero-order valence-electron chi connectivity index (χ0n) is 11.0. The van der Waals surface area contributed by atoms with Crippen LogP contribution in [0.3, 0.4) is 0 Å². The summed E-state index contributed by atoms with van der Waals surface area (Å²) in [7, 11) is 0. The van der Waals surface area contributed by atoms with Crippen molar-refractivity contribution in [2.24, 2.45) is 5.41 Å². The first kappa shape index (κ1) is 13.5. The van der Waals surface area contributed by atoms with Crippen molar-refractivity contribution in [3.63, 3.8) is 0 Å². The van der Waals surface area contributed by atoms with Crippen LogP contribution in [-0.4, -0.2) is 22.0 Å². The summed E-state index contributed by atoms with van der Waals surface area (Å²) in [6.07, 6.45) is 6.55. The summed E-state index contributed by atoms with van der Waals surface area (Å²) in [4.78, 5) is 26.7. The predicted octanol–water partition coefficient (Wildman–Crippen LogP) is 2.69. The van der Waals surface area contributed by atoms with Crippen LogP contribution < -0.4 is 5.32 Å². The van der Waals surface area contributed by atoms with Gasteiger partial charge >= 0.3 is 5.97 Å². The number of hydrogen-bond acceptors (Lipinski definition) is 3. The summed E-state index contributed by atoms with van der Waals surface area (Å²) in [5.74, 6) is -1.07. The Balaban J connectivity index is 2.04. The maximum atomic E-state index is 12.3. The van der Waals surface area contributed by atoms with Crippen molar-refractivity contribution in [1.29, 1.82) is 0 Å². The second-order valence-corrected chi connectivity index (χ2v) is 5.31. The fraction of sp³-hybridized carbons (Fsp3) is 0.500. The number of nitrogens with zero attached hydrogens (tertiary/aromatic N) is 1. The molecule has 0 radical (unpaired) electrons. The van der Waals surface area contributed by atoms with Gasteiger partial charge in [-0.3, -0.25) is 4.79 Å². The number of carboxylic acids is 1. The molecule has 0 spiro atoms. The Morgan fingerprint density at radius 2 is 1.95 bits per heavy atom. The van der Waals surface area contributed by atoms with Crippen molar-refractivity contribution in [2.45, 2.75) is 39.0 Å². The third kappa shape index (κ3) is 3.10. The molecule has 2 N–H and O–H groups in total. The number of nitrogens with one attached hydrogen (secondary N) is 1. The molecule has 5 heteroatoms. The molecule has 5 nitrogen and oxygen atoms in total. The van der Waals surface area contributed by atoms with Gasteiger partial charge in [-0.15, -0.1) is 0 Å². The third-order valence-corrected chi connectivity index (χ3v) is 3.75. The first-order valence-electron chi connectivity index (χ1n) is 6.52. The smallest absolute Gasteiger partial charge is 0.354 e. The van der Waals surface area contributed by atoms with Gasteiger partial charge in [0, 0.05) is 5.41 Å². The first-order chi connectivity index (χ1) is 9.01. The van der Waals surface area contributed by atoms with E-state index in [1.54, 1.807) is 6.07 Å². The number of amides is 1.